The Morgan fingerprint density at radius 3 is 1.24 bits per heavy atom. The fourth-order valence-electron chi connectivity index (χ4n) is 8.44. The van der Waals surface area contributed by atoms with Gasteiger partial charge in [-0.2, -0.15) is 0 Å². The van der Waals surface area contributed by atoms with Gasteiger partial charge in [0.25, 0.3) is 0 Å². The normalized spacial score (nSPS) is 11.9. The molecule has 0 spiro atoms. The number of rotatable bonds is 4. The summed E-state index contributed by atoms with van der Waals surface area (Å²) in [5.74, 6) is 0. The predicted molar refractivity (Wildman–Crippen MR) is 215 cm³/mol. The van der Waals surface area contributed by atoms with Crippen molar-refractivity contribution >= 4 is 65.4 Å². The lowest BCUT2D eigenvalue weighted by Crippen LogP contribution is -1.98. The zero-order valence-corrected chi connectivity index (χ0v) is 27.7. The zero-order valence-electron chi connectivity index (χ0n) is 27.7. The van der Waals surface area contributed by atoms with E-state index in [0.29, 0.717) is 0 Å². The summed E-state index contributed by atoms with van der Waals surface area (Å²) >= 11 is 0. The van der Waals surface area contributed by atoms with E-state index in [1.807, 2.05) is 0 Å². The molecule has 11 aromatic rings. The van der Waals surface area contributed by atoms with Gasteiger partial charge in [0.05, 0.1) is 33.1 Å². The Morgan fingerprint density at radius 1 is 0.235 bits per heavy atom. The first-order valence-electron chi connectivity index (χ1n) is 17.5. The summed E-state index contributed by atoms with van der Waals surface area (Å²) in [6.45, 7) is 0. The molecule has 3 nitrogen and oxygen atoms in total. The van der Waals surface area contributed by atoms with E-state index in [1.54, 1.807) is 0 Å². The molecular weight excluding hydrogens is 619 g/mol. The molecule has 0 saturated carbocycles. The van der Waals surface area contributed by atoms with Crippen LogP contribution in [0.3, 0.4) is 0 Å². The van der Waals surface area contributed by atoms with Crippen molar-refractivity contribution in [1.29, 1.82) is 0 Å². The summed E-state index contributed by atoms with van der Waals surface area (Å²) in [5.41, 5.74) is 13.1. The average Bonchev–Trinajstić information content (AvgIpc) is 3.84. The summed E-state index contributed by atoms with van der Waals surface area (Å²) < 4.78 is 7.32. The van der Waals surface area contributed by atoms with E-state index >= 15 is 0 Å². The van der Waals surface area contributed by atoms with Crippen LogP contribution in [0.15, 0.2) is 188 Å². The minimum absolute atomic E-state index is 1.14. The van der Waals surface area contributed by atoms with Crippen LogP contribution in [-0.4, -0.2) is 13.7 Å². The number of aromatic nitrogens is 3. The van der Waals surface area contributed by atoms with Crippen molar-refractivity contribution in [2.24, 2.45) is 0 Å². The third kappa shape index (κ3) is 4.06. The van der Waals surface area contributed by atoms with Gasteiger partial charge in [-0.3, -0.25) is 0 Å². The molecule has 0 aliphatic rings. The van der Waals surface area contributed by atoms with E-state index in [0.717, 1.165) is 17.1 Å². The molecule has 238 valence electrons. The van der Waals surface area contributed by atoms with Crippen LogP contribution in [0, 0.1) is 0 Å². The fraction of sp³-hybridized carbons (Fsp3) is 0. The molecule has 0 saturated heterocycles. The van der Waals surface area contributed by atoms with Crippen LogP contribution < -0.4 is 0 Å². The van der Waals surface area contributed by atoms with Crippen molar-refractivity contribution in [2.75, 3.05) is 0 Å². The van der Waals surface area contributed by atoms with Crippen LogP contribution in [0.2, 0.25) is 0 Å². The maximum atomic E-state index is 2.48. The Morgan fingerprint density at radius 2 is 0.647 bits per heavy atom. The summed E-state index contributed by atoms with van der Waals surface area (Å²) in [6, 6.07) is 68.4. The van der Waals surface area contributed by atoms with Crippen molar-refractivity contribution in [3.63, 3.8) is 0 Å². The number of para-hydroxylation sites is 5. The lowest BCUT2D eigenvalue weighted by molar-refractivity contribution is 1.15. The van der Waals surface area contributed by atoms with E-state index in [-0.39, 0.29) is 0 Å². The standard InChI is InChI=1S/C48H31N3/c1-3-15-34(16-4-1)50-45-25-12-9-22-39(45)41-28-29-42-40-27-26-33(31-46(40)51(48(42)47(41)50)35-17-5-2-6-18-35)32-14-13-19-36(30-32)49-43-23-10-7-20-37(43)38-21-8-11-24-44(38)49/h1-31H. The Labute approximate surface area is 294 Å². The van der Waals surface area contributed by atoms with Crippen LogP contribution in [0.5, 0.6) is 0 Å². The Bertz CT molecular complexity index is 3070. The molecule has 0 radical (unpaired) electrons. The third-order valence-corrected chi connectivity index (χ3v) is 10.6. The molecule has 0 fully saturated rings. The molecule has 3 heteroatoms. The lowest BCUT2D eigenvalue weighted by Gasteiger charge is -2.13. The molecule has 51 heavy (non-hydrogen) atoms. The molecule has 0 atom stereocenters. The van der Waals surface area contributed by atoms with Gasteiger partial charge in [0.2, 0.25) is 0 Å². The van der Waals surface area contributed by atoms with Crippen LogP contribution >= 0.6 is 0 Å². The van der Waals surface area contributed by atoms with Crippen LogP contribution in [0.1, 0.15) is 0 Å². The van der Waals surface area contributed by atoms with Gasteiger partial charge in [0, 0.05) is 49.4 Å². The highest BCUT2D eigenvalue weighted by atomic mass is 15.0. The maximum absolute atomic E-state index is 2.48. The summed E-state index contributed by atoms with van der Waals surface area (Å²) in [4.78, 5) is 0. The second-order valence-corrected chi connectivity index (χ2v) is 13.4. The first-order valence-corrected chi connectivity index (χ1v) is 17.5. The number of fused-ring (bicyclic) bond motifs is 10. The molecule has 0 bridgehead atoms. The van der Waals surface area contributed by atoms with Gasteiger partial charge in [-0.05, 0) is 71.8 Å². The third-order valence-electron chi connectivity index (χ3n) is 10.6. The highest BCUT2D eigenvalue weighted by Gasteiger charge is 2.21. The van der Waals surface area contributed by atoms with Crippen LogP contribution in [0.25, 0.3) is 93.6 Å². The molecule has 0 aliphatic carbocycles. The van der Waals surface area contributed by atoms with E-state index < -0.39 is 0 Å². The van der Waals surface area contributed by atoms with Gasteiger partial charge < -0.3 is 13.7 Å². The van der Waals surface area contributed by atoms with Gasteiger partial charge in [0.1, 0.15) is 0 Å². The molecule has 0 amide bonds. The summed E-state index contributed by atoms with van der Waals surface area (Å²) in [7, 11) is 0. The maximum Gasteiger partial charge on any atom is 0.0788 e. The Hall–Kier alpha value is -6.84. The summed E-state index contributed by atoms with van der Waals surface area (Å²) in [5, 5.41) is 7.53. The average molecular weight is 650 g/mol. The largest absolute Gasteiger partial charge is 0.309 e. The topological polar surface area (TPSA) is 14.8 Å². The van der Waals surface area contributed by atoms with Crippen molar-refractivity contribution in [1.82, 2.24) is 13.7 Å². The SMILES string of the molecule is c1ccc(-n2c3ccccc3c3ccc4c5ccc(-c6cccc(-n7c8ccccc8c8ccccc87)c6)cc5n(-c5ccccc5)c4c32)cc1. The molecule has 11 rings (SSSR count). The minimum Gasteiger partial charge on any atom is -0.309 e. The quantitative estimate of drug-likeness (QED) is 0.180. The Balaban J connectivity index is 1.21. The van der Waals surface area contributed by atoms with Crippen molar-refractivity contribution in [2.45, 2.75) is 0 Å². The number of nitrogens with zero attached hydrogens (tertiary/aromatic N) is 3. The smallest absolute Gasteiger partial charge is 0.0788 e. The molecule has 0 unspecified atom stereocenters. The molecule has 0 aliphatic heterocycles. The van der Waals surface area contributed by atoms with E-state index in [9.17, 15) is 0 Å². The second-order valence-electron chi connectivity index (χ2n) is 13.4. The number of hydrogen-bond acceptors (Lipinski definition) is 0. The van der Waals surface area contributed by atoms with Gasteiger partial charge in [-0.25, -0.2) is 0 Å². The monoisotopic (exact) mass is 649 g/mol. The molecule has 8 aromatic carbocycles. The predicted octanol–water partition coefficient (Wildman–Crippen LogP) is 12.6. The molecule has 3 aromatic heterocycles. The number of benzene rings is 8. The Kier molecular flexibility index (Phi) is 5.96. The van der Waals surface area contributed by atoms with E-state index in [4.69, 9.17) is 0 Å². The van der Waals surface area contributed by atoms with Crippen molar-refractivity contribution in [3.8, 4) is 28.2 Å². The highest BCUT2D eigenvalue weighted by Crippen LogP contribution is 2.43. The van der Waals surface area contributed by atoms with Crippen molar-refractivity contribution in [3.05, 3.63) is 188 Å². The van der Waals surface area contributed by atoms with Gasteiger partial charge in [-0.1, -0.05) is 127 Å². The zero-order chi connectivity index (χ0) is 33.5. The van der Waals surface area contributed by atoms with Gasteiger partial charge >= 0.3 is 0 Å². The van der Waals surface area contributed by atoms with Gasteiger partial charge in [-0.15, -0.1) is 0 Å². The second kappa shape index (κ2) is 10.8. The highest BCUT2D eigenvalue weighted by molar-refractivity contribution is 6.24. The first-order chi connectivity index (χ1) is 25.3. The van der Waals surface area contributed by atoms with Crippen LogP contribution in [-0.2, 0) is 0 Å². The fourth-order valence-corrected chi connectivity index (χ4v) is 8.44. The summed E-state index contributed by atoms with van der Waals surface area (Å²) in [6.07, 6.45) is 0. The lowest BCUT2D eigenvalue weighted by atomic mass is 10.0. The van der Waals surface area contributed by atoms with E-state index in [1.165, 1.54) is 76.5 Å². The van der Waals surface area contributed by atoms with E-state index in [2.05, 4.69) is 202 Å². The van der Waals surface area contributed by atoms with Crippen molar-refractivity contribution < 1.29 is 0 Å². The minimum atomic E-state index is 1.14. The molecule has 3 heterocycles. The first kappa shape index (κ1) is 28.0. The van der Waals surface area contributed by atoms with Crippen LogP contribution in [0.4, 0.5) is 0 Å². The molecule has 0 N–H and O–H groups in total. The van der Waals surface area contributed by atoms with Gasteiger partial charge in [0.15, 0.2) is 0 Å². The number of hydrogen-bond donors (Lipinski definition) is 0. The molecular formula is C48H31N3.